The van der Waals surface area contributed by atoms with Crippen LogP contribution < -0.4 is 0 Å². The monoisotopic (exact) mass is 241 g/mol. The van der Waals surface area contributed by atoms with Crippen LogP contribution in [0, 0.1) is 0 Å². The van der Waals surface area contributed by atoms with Gasteiger partial charge in [-0.1, -0.05) is 20.8 Å². The highest BCUT2D eigenvalue weighted by atomic mass is 35.5. The van der Waals surface area contributed by atoms with Crippen LogP contribution in [0.15, 0.2) is 0 Å². The molecule has 0 saturated heterocycles. The van der Waals surface area contributed by atoms with Crippen LogP contribution in [0.2, 0.25) is 5.28 Å². The lowest BCUT2D eigenvalue weighted by molar-refractivity contribution is -0.141. The van der Waals surface area contributed by atoms with Gasteiger partial charge in [0, 0.05) is 5.41 Å². The minimum absolute atomic E-state index is 0.227. The van der Waals surface area contributed by atoms with E-state index in [9.17, 15) is 13.2 Å². The summed E-state index contributed by atoms with van der Waals surface area (Å²) in [5.74, 6) is 0.227. The van der Waals surface area contributed by atoms with Gasteiger partial charge in [-0.15, -0.1) is 10.2 Å². The summed E-state index contributed by atoms with van der Waals surface area (Å²) in [6, 6.07) is 0. The molecule has 0 amide bonds. The molecule has 0 N–H and O–H groups in total. The molecule has 0 bridgehead atoms. The number of halogens is 4. The molecule has 0 unspecified atom stereocenters. The lowest BCUT2D eigenvalue weighted by Crippen LogP contribution is -2.25. The summed E-state index contributed by atoms with van der Waals surface area (Å²) in [4.78, 5) is 0. The van der Waals surface area contributed by atoms with Gasteiger partial charge in [0.25, 0.3) is 0 Å². The van der Waals surface area contributed by atoms with Crippen molar-refractivity contribution in [2.75, 3.05) is 0 Å². The van der Waals surface area contributed by atoms with Gasteiger partial charge in [-0.3, -0.25) is 4.57 Å². The Kier molecular flexibility index (Phi) is 3.00. The predicted octanol–water partition coefficient (Wildman–Crippen LogP) is 2.79. The van der Waals surface area contributed by atoms with Crippen molar-refractivity contribution in [1.82, 2.24) is 14.8 Å². The summed E-state index contributed by atoms with van der Waals surface area (Å²) in [6.07, 6.45) is -4.33. The quantitative estimate of drug-likeness (QED) is 0.757. The molecule has 0 radical (unpaired) electrons. The van der Waals surface area contributed by atoms with Gasteiger partial charge >= 0.3 is 6.18 Å². The van der Waals surface area contributed by atoms with Gasteiger partial charge in [0.1, 0.15) is 12.4 Å². The van der Waals surface area contributed by atoms with E-state index in [1.165, 1.54) is 0 Å². The average Bonchev–Trinajstić information content (AvgIpc) is 2.28. The van der Waals surface area contributed by atoms with Crippen LogP contribution in [0.1, 0.15) is 26.6 Å². The first-order valence-electron chi connectivity index (χ1n) is 4.27. The van der Waals surface area contributed by atoms with Crippen molar-refractivity contribution in [1.29, 1.82) is 0 Å². The molecule has 86 valence electrons. The third kappa shape index (κ3) is 3.09. The first-order chi connectivity index (χ1) is 6.61. The second-order valence-electron chi connectivity index (χ2n) is 4.24. The van der Waals surface area contributed by atoms with Gasteiger partial charge in [0.15, 0.2) is 0 Å². The number of hydrogen-bond donors (Lipinski definition) is 0. The van der Waals surface area contributed by atoms with E-state index in [1.54, 1.807) is 20.8 Å². The van der Waals surface area contributed by atoms with Crippen molar-refractivity contribution in [2.24, 2.45) is 0 Å². The molecular formula is C8H11ClF3N3. The van der Waals surface area contributed by atoms with Crippen LogP contribution in [-0.2, 0) is 12.0 Å². The molecule has 0 fully saturated rings. The standard InChI is InChI=1S/C8H11ClF3N3/c1-7(2,3)5-13-14-6(9)15(5)4-8(10,11)12/h4H2,1-3H3. The summed E-state index contributed by atoms with van der Waals surface area (Å²) < 4.78 is 37.6. The molecule has 0 aliphatic rings. The van der Waals surface area contributed by atoms with Gasteiger partial charge in [-0.2, -0.15) is 13.2 Å². The molecule has 3 nitrogen and oxygen atoms in total. The molecule has 0 spiro atoms. The third-order valence-electron chi connectivity index (χ3n) is 1.71. The molecule has 1 aromatic rings. The van der Waals surface area contributed by atoms with Gasteiger partial charge in [-0.05, 0) is 11.6 Å². The van der Waals surface area contributed by atoms with E-state index < -0.39 is 18.1 Å². The van der Waals surface area contributed by atoms with Crippen molar-refractivity contribution in [3.05, 3.63) is 11.1 Å². The molecule has 0 aromatic carbocycles. The fourth-order valence-corrected chi connectivity index (χ4v) is 1.34. The van der Waals surface area contributed by atoms with E-state index in [4.69, 9.17) is 11.6 Å². The zero-order valence-electron chi connectivity index (χ0n) is 8.56. The molecule has 0 saturated carbocycles. The highest BCUT2D eigenvalue weighted by molar-refractivity contribution is 6.28. The Morgan fingerprint density at radius 2 is 1.73 bits per heavy atom. The zero-order chi connectivity index (χ0) is 11.9. The van der Waals surface area contributed by atoms with Crippen LogP contribution >= 0.6 is 11.6 Å². The Labute approximate surface area is 90.2 Å². The van der Waals surface area contributed by atoms with E-state index >= 15 is 0 Å². The van der Waals surface area contributed by atoms with Gasteiger partial charge in [0.2, 0.25) is 5.28 Å². The zero-order valence-corrected chi connectivity index (χ0v) is 9.32. The van der Waals surface area contributed by atoms with Gasteiger partial charge in [0.05, 0.1) is 0 Å². The maximum atomic E-state index is 12.2. The number of rotatable bonds is 1. The Hall–Kier alpha value is -0.780. The third-order valence-corrected chi connectivity index (χ3v) is 1.99. The number of aromatic nitrogens is 3. The Morgan fingerprint density at radius 1 is 1.20 bits per heavy atom. The molecule has 15 heavy (non-hydrogen) atoms. The Bertz CT molecular complexity index is 351. The molecule has 0 atom stereocenters. The summed E-state index contributed by atoms with van der Waals surface area (Å²) >= 11 is 5.55. The van der Waals surface area contributed by atoms with Crippen LogP contribution in [0.4, 0.5) is 13.2 Å². The minimum Gasteiger partial charge on any atom is -0.292 e. The van der Waals surface area contributed by atoms with Gasteiger partial charge < -0.3 is 0 Å². The molecule has 1 heterocycles. The van der Waals surface area contributed by atoms with E-state index in [0.717, 1.165) is 4.57 Å². The lowest BCUT2D eigenvalue weighted by atomic mass is 9.96. The highest BCUT2D eigenvalue weighted by Gasteiger charge is 2.33. The molecule has 7 heteroatoms. The SMILES string of the molecule is CC(C)(C)c1nnc(Cl)n1CC(F)(F)F. The van der Waals surface area contributed by atoms with E-state index in [2.05, 4.69) is 10.2 Å². The predicted molar refractivity (Wildman–Crippen MR) is 49.8 cm³/mol. The summed E-state index contributed by atoms with van der Waals surface area (Å²) in [6.45, 7) is 4.09. The second kappa shape index (κ2) is 3.66. The van der Waals surface area contributed by atoms with Crippen LogP contribution in [0.25, 0.3) is 0 Å². The van der Waals surface area contributed by atoms with Crippen LogP contribution in [0.3, 0.4) is 0 Å². The maximum Gasteiger partial charge on any atom is 0.406 e. The first kappa shape index (κ1) is 12.3. The Morgan fingerprint density at radius 3 is 2.13 bits per heavy atom. The number of alkyl halides is 3. The van der Waals surface area contributed by atoms with Gasteiger partial charge in [-0.25, -0.2) is 0 Å². The van der Waals surface area contributed by atoms with Crippen LogP contribution in [0.5, 0.6) is 0 Å². The summed E-state index contributed by atoms with van der Waals surface area (Å²) in [5.41, 5.74) is -0.522. The second-order valence-corrected chi connectivity index (χ2v) is 4.58. The van der Waals surface area contributed by atoms with Crippen molar-refractivity contribution >= 4 is 11.6 Å². The first-order valence-corrected chi connectivity index (χ1v) is 4.65. The normalized spacial score (nSPS) is 13.3. The molecule has 1 aromatic heterocycles. The maximum absolute atomic E-state index is 12.2. The van der Waals surface area contributed by atoms with Crippen molar-refractivity contribution < 1.29 is 13.2 Å². The molecule has 0 aliphatic carbocycles. The fraction of sp³-hybridized carbons (Fsp3) is 0.750. The molecule has 0 aliphatic heterocycles. The fourth-order valence-electron chi connectivity index (χ4n) is 1.16. The number of nitrogens with zero attached hydrogens (tertiary/aromatic N) is 3. The molecular weight excluding hydrogens is 231 g/mol. The minimum atomic E-state index is -4.33. The van der Waals surface area contributed by atoms with E-state index in [0.29, 0.717) is 0 Å². The summed E-state index contributed by atoms with van der Waals surface area (Å²) in [7, 11) is 0. The smallest absolute Gasteiger partial charge is 0.292 e. The highest BCUT2D eigenvalue weighted by Crippen LogP contribution is 2.26. The topological polar surface area (TPSA) is 30.7 Å². The summed E-state index contributed by atoms with van der Waals surface area (Å²) in [5, 5.41) is 6.86. The Balaban J connectivity index is 3.11. The van der Waals surface area contributed by atoms with Crippen LogP contribution in [-0.4, -0.2) is 20.9 Å². The lowest BCUT2D eigenvalue weighted by Gasteiger charge is -2.19. The van der Waals surface area contributed by atoms with Crippen molar-refractivity contribution in [3.63, 3.8) is 0 Å². The number of hydrogen-bond acceptors (Lipinski definition) is 2. The van der Waals surface area contributed by atoms with Crippen molar-refractivity contribution in [2.45, 2.75) is 38.9 Å². The molecule has 1 rings (SSSR count). The van der Waals surface area contributed by atoms with E-state index in [1.807, 2.05) is 0 Å². The van der Waals surface area contributed by atoms with E-state index in [-0.39, 0.29) is 11.1 Å². The van der Waals surface area contributed by atoms with Crippen molar-refractivity contribution in [3.8, 4) is 0 Å². The average molecular weight is 242 g/mol. The largest absolute Gasteiger partial charge is 0.406 e.